The predicted octanol–water partition coefficient (Wildman–Crippen LogP) is 1.39. The fourth-order valence-corrected chi connectivity index (χ4v) is 2.72. The lowest BCUT2D eigenvalue weighted by atomic mass is 10.3. The maximum atomic E-state index is 12.7. The minimum Gasteiger partial charge on any atom is -0.383 e. The van der Waals surface area contributed by atoms with E-state index in [1.807, 2.05) is 36.7 Å². The van der Waals surface area contributed by atoms with Gasteiger partial charge in [-0.3, -0.25) is 9.59 Å². The lowest BCUT2D eigenvalue weighted by Crippen LogP contribution is -2.41. The van der Waals surface area contributed by atoms with Gasteiger partial charge in [0.2, 0.25) is 5.91 Å². The number of carbonyl (C=O) groups excluding carboxylic acids is 2. The normalized spacial score (nSPS) is 16.3. The predicted molar refractivity (Wildman–Crippen MR) is 83.8 cm³/mol. The Morgan fingerprint density at radius 2 is 2.14 bits per heavy atom. The molecule has 0 unspecified atom stereocenters. The Kier molecular flexibility index (Phi) is 5.60. The van der Waals surface area contributed by atoms with Crippen LogP contribution in [0.4, 0.5) is 0 Å². The van der Waals surface area contributed by atoms with Gasteiger partial charge in [0, 0.05) is 39.0 Å². The van der Waals surface area contributed by atoms with Crippen LogP contribution in [0.25, 0.3) is 0 Å². The summed E-state index contributed by atoms with van der Waals surface area (Å²) in [6.07, 6.45) is 2.70. The van der Waals surface area contributed by atoms with Crippen LogP contribution in [0.3, 0.4) is 0 Å². The quantitative estimate of drug-likeness (QED) is 0.826. The second kappa shape index (κ2) is 7.45. The zero-order valence-corrected chi connectivity index (χ0v) is 13.6. The van der Waals surface area contributed by atoms with Crippen molar-refractivity contribution >= 4 is 11.8 Å². The van der Waals surface area contributed by atoms with Gasteiger partial charge in [-0.25, -0.2) is 0 Å². The van der Waals surface area contributed by atoms with E-state index in [1.54, 1.807) is 16.9 Å². The van der Waals surface area contributed by atoms with Gasteiger partial charge < -0.3 is 19.1 Å². The Hall–Kier alpha value is -1.82. The van der Waals surface area contributed by atoms with Crippen LogP contribution in [0.5, 0.6) is 0 Å². The first-order valence-electron chi connectivity index (χ1n) is 7.77. The average molecular weight is 307 g/mol. The molecule has 1 aromatic heterocycles. The highest BCUT2D eigenvalue weighted by atomic mass is 16.5. The second-order valence-corrected chi connectivity index (χ2v) is 5.85. The molecule has 1 aromatic rings. The Morgan fingerprint density at radius 3 is 2.82 bits per heavy atom. The van der Waals surface area contributed by atoms with Crippen LogP contribution in [-0.2, 0) is 9.53 Å². The minimum absolute atomic E-state index is 0.00875. The number of methoxy groups -OCH3 is 1. The first kappa shape index (κ1) is 16.5. The summed E-state index contributed by atoms with van der Waals surface area (Å²) in [5.74, 6) is -0.0776. The summed E-state index contributed by atoms with van der Waals surface area (Å²) in [5.41, 5.74) is 0.646. The first-order valence-corrected chi connectivity index (χ1v) is 7.77. The topological polar surface area (TPSA) is 54.8 Å². The molecule has 0 spiro atoms. The van der Waals surface area contributed by atoms with E-state index < -0.39 is 0 Å². The van der Waals surface area contributed by atoms with E-state index >= 15 is 0 Å². The van der Waals surface area contributed by atoms with Gasteiger partial charge in [-0.1, -0.05) is 0 Å². The molecular formula is C16H25N3O3. The average Bonchev–Trinajstić information content (AvgIpc) is 2.90. The summed E-state index contributed by atoms with van der Waals surface area (Å²) >= 11 is 0. The van der Waals surface area contributed by atoms with E-state index in [0.717, 1.165) is 6.42 Å². The van der Waals surface area contributed by atoms with Crippen molar-refractivity contribution in [2.45, 2.75) is 26.3 Å². The van der Waals surface area contributed by atoms with Crippen molar-refractivity contribution in [1.29, 1.82) is 0 Å². The third-order valence-electron chi connectivity index (χ3n) is 3.94. The summed E-state index contributed by atoms with van der Waals surface area (Å²) < 4.78 is 6.98. The van der Waals surface area contributed by atoms with Crippen LogP contribution in [0.1, 0.15) is 36.8 Å². The number of ether oxygens (including phenoxy) is 1. The number of rotatable bonds is 5. The highest BCUT2D eigenvalue weighted by molar-refractivity contribution is 5.95. The molecule has 6 nitrogen and oxygen atoms in total. The molecule has 0 saturated carbocycles. The van der Waals surface area contributed by atoms with Crippen LogP contribution in [0, 0.1) is 0 Å². The van der Waals surface area contributed by atoms with Crippen molar-refractivity contribution in [2.75, 3.05) is 39.9 Å². The molecule has 0 N–H and O–H groups in total. The number of amides is 2. The van der Waals surface area contributed by atoms with Gasteiger partial charge in [-0.15, -0.1) is 0 Å². The molecule has 2 rings (SSSR count). The number of carbonyl (C=O) groups is 2. The van der Waals surface area contributed by atoms with Gasteiger partial charge >= 0.3 is 0 Å². The molecule has 0 bridgehead atoms. The van der Waals surface area contributed by atoms with Gasteiger partial charge in [-0.2, -0.15) is 0 Å². The highest BCUT2D eigenvalue weighted by Gasteiger charge is 2.26. The van der Waals surface area contributed by atoms with Crippen LogP contribution < -0.4 is 0 Å². The van der Waals surface area contributed by atoms with Crippen LogP contribution >= 0.6 is 0 Å². The molecule has 2 heterocycles. The van der Waals surface area contributed by atoms with Gasteiger partial charge in [0.25, 0.3) is 5.91 Å². The molecule has 1 saturated heterocycles. The van der Waals surface area contributed by atoms with Crippen molar-refractivity contribution in [2.24, 2.45) is 0 Å². The third kappa shape index (κ3) is 3.68. The molecule has 0 atom stereocenters. The molecule has 0 aromatic carbocycles. The number of nitrogens with zero attached hydrogens (tertiary/aromatic N) is 3. The molecule has 0 radical (unpaired) electrons. The summed E-state index contributed by atoms with van der Waals surface area (Å²) in [6, 6.07) is 3.91. The zero-order valence-electron chi connectivity index (χ0n) is 13.6. The van der Waals surface area contributed by atoms with Gasteiger partial charge in [0.15, 0.2) is 0 Å². The minimum atomic E-state index is -0.0689. The highest BCUT2D eigenvalue weighted by Crippen LogP contribution is 2.15. The van der Waals surface area contributed by atoms with Crippen molar-refractivity contribution in [3.8, 4) is 0 Å². The molecule has 2 amide bonds. The molecule has 6 heteroatoms. The molecular weight excluding hydrogens is 282 g/mol. The second-order valence-electron chi connectivity index (χ2n) is 5.85. The summed E-state index contributed by atoms with van der Waals surface area (Å²) in [4.78, 5) is 28.4. The van der Waals surface area contributed by atoms with Gasteiger partial charge in [0.1, 0.15) is 12.2 Å². The molecule has 1 fully saturated rings. The SMILES string of the molecule is COCCN1CCCN(C(=O)c2cccn2C(C)C)CC1=O. The maximum Gasteiger partial charge on any atom is 0.270 e. The Bertz CT molecular complexity index is 524. The van der Waals surface area contributed by atoms with Crippen molar-refractivity contribution in [1.82, 2.24) is 14.4 Å². The summed E-state index contributed by atoms with van der Waals surface area (Å²) in [7, 11) is 1.62. The van der Waals surface area contributed by atoms with Gasteiger partial charge in [-0.05, 0) is 32.4 Å². The number of hydrogen-bond donors (Lipinski definition) is 0. The standard InChI is InChI=1S/C16H25N3O3/c1-13(2)19-9-4-6-14(19)16(21)18-8-5-7-17(10-11-22-3)15(20)12-18/h4,6,9,13H,5,7-8,10-12H2,1-3H3. The Labute approximate surface area is 131 Å². The zero-order chi connectivity index (χ0) is 16.1. The first-order chi connectivity index (χ1) is 10.5. The Morgan fingerprint density at radius 1 is 1.36 bits per heavy atom. The van der Waals surface area contributed by atoms with Crippen LogP contribution in [0.15, 0.2) is 18.3 Å². The Balaban J connectivity index is 2.07. The fraction of sp³-hybridized carbons (Fsp3) is 0.625. The molecule has 122 valence electrons. The van der Waals surface area contributed by atoms with Gasteiger partial charge in [0.05, 0.1) is 6.61 Å². The van der Waals surface area contributed by atoms with E-state index in [-0.39, 0.29) is 24.4 Å². The monoisotopic (exact) mass is 307 g/mol. The van der Waals surface area contributed by atoms with Crippen LogP contribution in [-0.4, -0.2) is 66.1 Å². The van der Waals surface area contributed by atoms with E-state index in [1.165, 1.54) is 0 Å². The summed E-state index contributed by atoms with van der Waals surface area (Å²) in [5, 5.41) is 0. The lowest BCUT2D eigenvalue weighted by molar-refractivity contribution is -0.131. The maximum absolute atomic E-state index is 12.7. The van der Waals surface area contributed by atoms with Crippen LogP contribution in [0.2, 0.25) is 0 Å². The van der Waals surface area contributed by atoms with Crippen molar-refractivity contribution in [3.05, 3.63) is 24.0 Å². The number of aromatic nitrogens is 1. The van der Waals surface area contributed by atoms with Crippen molar-refractivity contribution < 1.29 is 14.3 Å². The smallest absolute Gasteiger partial charge is 0.270 e. The lowest BCUT2D eigenvalue weighted by Gasteiger charge is -2.22. The number of hydrogen-bond acceptors (Lipinski definition) is 3. The molecule has 0 aliphatic carbocycles. The molecule has 1 aliphatic rings. The summed E-state index contributed by atoms with van der Waals surface area (Å²) in [6.45, 7) is 6.61. The van der Waals surface area contributed by atoms with Crippen molar-refractivity contribution in [3.63, 3.8) is 0 Å². The fourth-order valence-electron chi connectivity index (χ4n) is 2.72. The molecule has 1 aliphatic heterocycles. The third-order valence-corrected chi connectivity index (χ3v) is 3.94. The molecule has 22 heavy (non-hydrogen) atoms. The van der Waals surface area contributed by atoms with E-state index in [2.05, 4.69) is 0 Å². The van der Waals surface area contributed by atoms with E-state index in [0.29, 0.717) is 31.9 Å². The van der Waals surface area contributed by atoms with E-state index in [9.17, 15) is 9.59 Å². The van der Waals surface area contributed by atoms with E-state index in [4.69, 9.17) is 4.74 Å². The largest absolute Gasteiger partial charge is 0.383 e.